The van der Waals surface area contributed by atoms with Gasteiger partial charge in [0.15, 0.2) is 0 Å². The van der Waals surface area contributed by atoms with Gasteiger partial charge in [0.2, 0.25) is 11.9 Å². The molecule has 0 aliphatic heterocycles. The van der Waals surface area contributed by atoms with Crippen molar-refractivity contribution in [1.29, 1.82) is 0 Å². The lowest BCUT2D eigenvalue weighted by atomic mass is 10.4. The Morgan fingerprint density at radius 1 is 1.00 bits per heavy atom. The maximum atomic E-state index is 8.73. The van der Waals surface area contributed by atoms with Crippen molar-refractivity contribution < 1.29 is 9.84 Å². The van der Waals surface area contributed by atoms with E-state index in [4.69, 9.17) is 9.84 Å². The molecule has 1 aromatic rings. The van der Waals surface area contributed by atoms with Crippen molar-refractivity contribution in [2.45, 2.75) is 39.8 Å². The molecule has 0 spiro atoms. The molecule has 7 nitrogen and oxygen atoms in total. The largest absolute Gasteiger partial charge is 0.461 e. The highest BCUT2D eigenvalue weighted by atomic mass is 16.5. The Bertz CT molecular complexity index is 342. The minimum Gasteiger partial charge on any atom is -0.461 e. The number of aliphatic hydroxyl groups excluding tert-OH is 1. The first kappa shape index (κ1) is 14.4. The molecular formula is C11H21N5O2. The van der Waals surface area contributed by atoms with Gasteiger partial charge in [-0.3, -0.25) is 0 Å². The van der Waals surface area contributed by atoms with Crippen LogP contribution in [0.4, 0.5) is 11.9 Å². The lowest BCUT2D eigenvalue weighted by Gasteiger charge is -2.13. The summed E-state index contributed by atoms with van der Waals surface area (Å²) in [5, 5.41) is 14.9. The summed E-state index contributed by atoms with van der Waals surface area (Å²) in [6.07, 6.45) is 0. The fraction of sp³-hybridized carbons (Fsp3) is 0.727. The molecule has 18 heavy (non-hydrogen) atoms. The van der Waals surface area contributed by atoms with Crippen molar-refractivity contribution in [3.8, 4) is 6.01 Å². The Labute approximate surface area is 107 Å². The molecule has 0 unspecified atom stereocenters. The number of aromatic nitrogens is 3. The second-order valence-corrected chi connectivity index (χ2v) is 4.44. The van der Waals surface area contributed by atoms with E-state index >= 15 is 0 Å². The van der Waals surface area contributed by atoms with Crippen LogP contribution in [0, 0.1) is 0 Å². The molecule has 0 fully saturated rings. The second kappa shape index (κ2) is 6.95. The van der Waals surface area contributed by atoms with E-state index < -0.39 is 0 Å². The number of nitrogens with one attached hydrogen (secondary N) is 2. The molecule has 7 heteroatoms. The van der Waals surface area contributed by atoms with Gasteiger partial charge in [0.05, 0.1) is 6.61 Å². The Kier molecular flexibility index (Phi) is 5.57. The minimum absolute atomic E-state index is 0.0778. The highest BCUT2D eigenvalue weighted by Crippen LogP contribution is 2.12. The van der Waals surface area contributed by atoms with Crippen LogP contribution < -0.4 is 15.4 Å². The van der Waals surface area contributed by atoms with Crippen LogP contribution in [0.15, 0.2) is 0 Å². The van der Waals surface area contributed by atoms with E-state index in [-0.39, 0.29) is 31.3 Å². The molecule has 0 aliphatic rings. The first-order valence-corrected chi connectivity index (χ1v) is 6.04. The van der Waals surface area contributed by atoms with E-state index in [9.17, 15) is 0 Å². The van der Waals surface area contributed by atoms with Crippen LogP contribution in [-0.2, 0) is 0 Å². The average molecular weight is 255 g/mol. The standard InChI is InChI=1S/C11H21N5O2/c1-7(2)12-9-14-10(13-8(3)4)16-11(15-9)18-6-5-17/h7-8,17H,5-6H2,1-4H3,(H2,12,13,14,15,16). The molecule has 0 saturated carbocycles. The number of nitrogens with zero attached hydrogens (tertiary/aromatic N) is 3. The Hall–Kier alpha value is -1.63. The minimum atomic E-state index is -0.0778. The molecule has 3 N–H and O–H groups in total. The van der Waals surface area contributed by atoms with Gasteiger partial charge in [-0.2, -0.15) is 15.0 Å². The van der Waals surface area contributed by atoms with Gasteiger partial charge < -0.3 is 20.5 Å². The molecule has 0 aromatic carbocycles. The molecule has 102 valence electrons. The molecule has 0 amide bonds. The van der Waals surface area contributed by atoms with Crippen LogP contribution in [0.1, 0.15) is 27.7 Å². The van der Waals surface area contributed by atoms with Gasteiger partial charge in [-0.15, -0.1) is 0 Å². The summed E-state index contributed by atoms with van der Waals surface area (Å²) >= 11 is 0. The fourth-order valence-electron chi connectivity index (χ4n) is 1.20. The van der Waals surface area contributed by atoms with E-state index in [1.807, 2.05) is 27.7 Å². The summed E-state index contributed by atoms with van der Waals surface area (Å²) in [5.41, 5.74) is 0. The van der Waals surface area contributed by atoms with Gasteiger partial charge >= 0.3 is 6.01 Å². The number of anilines is 2. The lowest BCUT2D eigenvalue weighted by molar-refractivity contribution is 0.191. The van der Waals surface area contributed by atoms with Crippen LogP contribution in [0.25, 0.3) is 0 Å². The zero-order valence-corrected chi connectivity index (χ0v) is 11.3. The second-order valence-electron chi connectivity index (χ2n) is 4.44. The molecule has 1 rings (SSSR count). The first-order valence-electron chi connectivity index (χ1n) is 6.04. The van der Waals surface area contributed by atoms with Gasteiger partial charge in [0, 0.05) is 12.1 Å². The van der Waals surface area contributed by atoms with Gasteiger partial charge in [0.25, 0.3) is 0 Å². The Morgan fingerprint density at radius 3 is 1.89 bits per heavy atom. The van der Waals surface area contributed by atoms with E-state index in [2.05, 4.69) is 25.6 Å². The zero-order chi connectivity index (χ0) is 13.5. The molecule has 0 saturated heterocycles. The highest BCUT2D eigenvalue weighted by molar-refractivity contribution is 5.36. The molecule has 0 radical (unpaired) electrons. The quantitative estimate of drug-likeness (QED) is 0.666. The number of hydrogen-bond donors (Lipinski definition) is 3. The van der Waals surface area contributed by atoms with Crippen LogP contribution in [0.3, 0.4) is 0 Å². The summed E-state index contributed by atoms with van der Waals surface area (Å²) < 4.78 is 5.21. The first-order chi connectivity index (χ1) is 8.51. The maximum Gasteiger partial charge on any atom is 0.323 e. The Balaban J connectivity index is 2.88. The number of ether oxygens (including phenoxy) is 1. The van der Waals surface area contributed by atoms with Gasteiger partial charge in [-0.05, 0) is 27.7 Å². The third kappa shape index (κ3) is 5.13. The van der Waals surface area contributed by atoms with Crippen LogP contribution in [-0.4, -0.2) is 45.4 Å². The fourth-order valence-corrected chi connectivity index (χ4v) is 1.20. The van der Waals surface area contributed by atoms with Crippen molar-refractivity contribution in [2.75, 3.05) is 23.8 Å². The van der Waals surface area contributed by atoms with Crippen LogP contribution in [0.2, 0.25) is 0 Å². The normalized spacial score (nSPS) is 10.8. The SMILES string of the molecule is CC(C)Nc1nc(NC(C)C)nc(OCCO)n1. The molecule has 0 bridgehead atoms. The van der Waals surface area contributed by atoms with Crippen molar-refractivity contribution in [3.05, 3.63) is 0 Å². The topological polar surface area (TPSA) is 92.2 Å². The monoisotopic (exact) mass is 255 g/mol. The molecule has 1 heterocycles. The summed E-state index contributed by atoms with van der Waals surface area (Å²) in [7, 11) is 0. The molecule has 0 atom stereocenters. The van der Waals surface area contributed by atoms with Crippen molar-refractivity contribution in [1.82, 2.24) is 15.0 Å². The molecular weight excluding hydrogens is 234 g/mol. The number of hydrogen-bond acceptors (Lipinski definition) is 7. The third-order valence-electron chi connectivity index (χ3n) is 1.77. The smallest absolute Gasteiger partial charge is 0.323 e. The van der Waals surface area contributed by atoms with Crippen LogP contribution in [0.5, 0.6) is 6.01 Å². The van der Waals surface area contributed by atoms with E-state index in [0.29, 0.717) is 11.9 Å². The predicted octanol–water partition coefficient (Wildman–Crippen LogP) is 0.883. The maximum absolute atomic E-state index is 8.73. The van der Waals surface area contributed by atoms with Crippen molar-refractivity contribution >= 4 is 11.9 Å². The summed E-state index contributed by atoms with van der Waals surface area (Å²) in [4.78, 5) is 12.5. The van der Waals surface area contributed by atoms with Gasteiger partial charge in [-0.25, -0.2) is 0 Å². The lowest BCUT2D eigenvalue weighted by Crippen LogP contribution is -2.18. The molecule has 0 aliphatic carbocycles. The summed E-state index contributed by atoms with van der Waals surface area (Å²) in [6, 6.07) is 0.625. The number of aliphatic hydroxyl groups is 1. The zero-order valence-electron chi connectivity index (χ0n) is 11.3. The van der Waals surface area contributed by atoms with E-state index in [1.165, 1.54) is 0 Å². The van der Waals surface area contributed by atoms with Gasteiger partial charge in [0.1, 0.15) is 6.61 Å². The van der Waals surface area contributed by atoms with E-state index in [1.54, 1.807) is 0 Å². The molecule has 1 aromatic heterocycles. The average Bonchev–Trinajstić information content (AvgIpc) is 2.24. The number of rotatable bonds is 7. The summed E-state index contributed by atoms with van der Waals surface area (Å²) in [6.45, 7) is 8.06. The van der Waals surface area contributed by atoms with Crippen molar-refractivity contribution in [3.63, 3.8) is 0 Å². The summed E-state index contributed by atoms with van der Waals surface area (Å²) in [5.74, 6) is 0.909. The predicted molar refractivity (Wildman–Crippen MR) is 69.9 cm³/mol. The highest BCUT2D eigenvalue weighted by Gasteiger charge is 2.09. The Morgan fingerprint density at radius 2 is 1.50 bits per heavy atom. The van der Waals surface area contributed by atoms with E-state index in [0.717, 1.165) is 0 Å². The third-order valence-corrected chi connectivity index (χ3v) is 1.77. The van der Waals surface area contributed by atoms with Crippen LogP contribution >= 0.6 is 0 Å². The van der Waals surface area contributed by atoms with Crippen molar-refractivity contribution in [2.24, 2.45) is 0 Å². The van der Waals surface area contributed by atoms with Gasteiger partial charge in [-0.1, -0.05) is 0 Å².